The van der Waals surface area contributed by atoms with Crippen LogP contribution in [-0.2, 0) is 5.41 Å². The van der Waals surface area contributed by atoms with E-state index in [0.29, 0.717) is 5.56 Å². The summed E-state index contributed by atoms with van der Waals surface area (Å²) in [6, 6.07) is 11.7. The van der Waals surface area contributed by atoms with E-state index >= 15 is 0 Å². The lowest BCUT2D eigenvalue weighted by molar-refractivity contribution is 0.0681. The minimum Gasteiger partial charge on any atom is -0.508 e. The third-order valence-electron chi connectivity index (χ3n) is 4.83. The zero-order chi connectivity index (χ0) is 25.1. The van der Waals surface area contributed by atoms with Crippen LogP contribution < -0.4 is 0 Å². The van der Waals surface area contributed by atoms with Crippen molar-refractivity contribution in [3.63, 3.8) is 0 Å². The fourth-order valence-corrected chi connectivity index (χ4v) is 4.26. The molecule has 0 saturated heterocycles. The molecule has 33 heavy (non-hydrogen) atoms. The summed E-state index contributed by atoms with van der Waals surface area (Å²) in [6.45, 7) is 3.80. The molecule has 3 rings (SSSR count). The Morgan fingerprint density at radius 3 is 1.36 bits per heavy atom. The fourth-order valence-electron chi connectivity index (χ4n) is 2.95. The number of carboxylic acid groups (broad SMARTS) is 2. The molecule has 0 unspecified atom stereocenters. The third kappa shape index (κ3) is 5.84. The highest BCUT2D eigenvalue weighted by atomic mass is 35.5. The molecule has 0 aliphatic rings. The lowest BCUT2D eigenvalue weighted by atomic mass is 9.78. The summed E-state index contributed by atoms with van der Waals surface area (Å²) in [6.07, 6.45) is 0. The number of hydrogen-bond acceptors (Lipinski definition) is 4. The molecule has 0 amide bonds. The van der Waals surface area contributed by atoms with E-state index in [4.69, 9.17) is 56.6 Å². The van der Waals surface area contributed by atoms with Gasteiger partial charge in [0, 0.05) is 11.0 Å². The van der Waals surface area contributed by atoms with Gasteiger partial charge in [0.05, 0.1) is 21.2 Å². The van der Waals surface area contributed by atoms with Gasteiger partial charge in [-0.15, -0.1) is 0 Å². The summed E-state index contributed by atoms with van der Waals surface area (Å²) in [5.74, 6) is -2.30. The largest absolute Gasteiger partial charge is 0.508 e. The standard InChI is InChI=1S/C15H12Cl4O2.C8H6O4/c1-15(2,7-3-5-8(20)6-4-7)9-10(16)12(18)14(21)13(19)11(9)17;9-7(10)5-1-2-6(4-3-5)8(11)12/h3-6,20-21H,1-2H3;1-4H,(H,9,10)(H,11,12). The molecule has 0 heterocycles. The molecule has 0 aliphatic carbocycles. The van der Waals surface area contributed by atoms with Gasteiger partial charge in [0.2, 0.25) is 0 Å². The number of phenols is 2. The van der Waals surface area contributed by atoms with Gasteiger partial charge in [-0.05, 0) is 42.0 Å². The lowest BCUT2D eigenvalue weighted by Crippen LogP contribution is -2.20. The van der Waals surface area contributed by atoms with Crippen molar-refractivity contribution < 1.29 is 30.0 Å². The summed E-state index contributed by atoms with van der Waals surface area (Å²) in [5.41, 5.74) is 0.925. The average Bonchev–Trinajstić information content (AvgIpc) is 2.77. The third-order valence-corrected chi connectivity index (χ3v) is 6.52. The molecule has 4 N–H and O–H groups in total. The number of rotatable bonds is 4. The van der Waals surface area contributed by atoms with Crippen LogP contribution in [0.1, 0.15) is 45.7 Å². The van der Waals surface area contributed by atoms with Gasteiger partial charge in [-0.3, -0.25) is 0 Å². The Bertz CT molecular complexity index is 1130. The first-order valence-corrected chi connectivity index (χ1v) is 10.7. The van der Waals surface area contributed by atoms with Crippen LogP contribution in [-0.4, -0.2) is 32.4 Å². The molecule has 0 fully saturated rings. The fraction of sp³-hybridized carbons (Fsp3) is 0.130. The van der Waals surface area contributed by atoms with Crippen molar-refractivity contribution in [1.82, 2.24) is 0 Å². The zero-order valence-corrected chi connectivity index (χ0v) is 20.3. The normalized spacial score (nSPS) is 10.8. The Morgan fingerprint density at radius 2 is 1.03 bits per heavy atom. The van der Waals surface area contributed by atoms with Gasteiger partial charge in [-0.1, -0.05) is 72.4 Å². The van der Waals surface area contributed by atoms with Gasteiger partial charge in [0.15, 0.2) is 5.75 Å². The van der Waals surface area contributed by atoms with E-state index in [2.05, 4.69) is 0 Å². The van der Waals surface area contributed by atoms with Crippen LogP contribution in [0.3, 0.4) is 0 Å². The summed E-state index contributed by atoms with van der Waals surface area (Å²) in [7, 11) is 0. The molecule has 0 aliphatic heterocycles. The number of halogens is 4. The topological polar surface area (TPSA) is 115 Å². The molecule has 0 radical (unpaired) electrons. The van der Waals surface area contributed by atoms with Gasteiger partial charge in [0.25, 0.3) is 0 Å². The highest BCUT2D eigenvalue weighted by molar-refractivity contribution is 6.49. The van der Waals surface area contributed by atoms with E-state index in [1.807, 2.05) is 13.8 Å². The second-order valence-electron chi connectivity index (χ2n) is 7.34. The van der Waals surface area contributed by atoms with Gasteiger partial charge < -0.3 is 20.4 Å². The van der Waals surface area contributed by atoms with Crippen molar-refractivity contribution in [2.75, 3.05) is 0 Å². The van der Waals surface area contributed by atoms with Crippen molar-refractivity contribution in [3.05, 3.63) is 90.9 Å². The first-order chi connectivity index (χ1) is 15.3. The minimum atomic E-state index is -1.06. The van der Waals surface area contributed by atoms with E-state index in [0.717, 1.165) is 5.56 Å². The number of phenolic OH excluding ortho intramolecular Hbond substituents is 2. The van der Waals surface area contributed by atoms with Crippen LogP contribution in [0, 0.1) is 0 Å². The van der Waals surface area contributed by atoms with E-state index in [1.165, 1.54) is 24.3 Å². The number of aromatic hydroxyl groups is 2. The van der Waals surface area contributed by atoms with E-state index in [-0.39, 0.29) is 42.7 Å². The van der Waals surface area contributed by atoms with Crippen LogP contribution in [0.15, 0.2) is 48.5 Å². The van der Waals surface area contributed by atoms with E-state index in [1.54, 1.807) is 24.3 Å². The summed E-state index contributed by atoms with van der Waals surface area (Å²) in [4.78, 5) is 20.7. The summed E-state index contributed by atoms with van der Waals surface area (Å²) >= 11 is 24.5. The molecule has 3 aromatic carbocycles. The predicted molar refractivity (Wildman–Crippen MR) is 129 cm³/mol. The zero-order valence-electron chi connectivity index (χ0n) is 17.2. The molecule has 3 aromatic rings. The molecule has 0 atom stereocenters. The van der Waals surface area contributed by atoms with Gasteiger partial charge in [-0.2, -0.15) is 0 Å². The molecular formula is C23H18Cl4O6. The molecule has 0 bridgehead atoms. The Morgan fingerprint density at radius 1 is 0.667 bits per heavy atom. The second-order valence-corrected chi connectivity index (χ2v) is 8.85. The Labute approximate surface area is 209 Å². The number of carboxylic acids is 2. The quantitative estimate of drug-likeness (QED) is 0.266. The van der Waals surface area contributed by atoms with Crippen LogP contribution in [0.25, 0.3) is 0 Å². The number of hydrogen-bond donors (Lipinski definition) is 4. The monoisotopic (exact) mass is 530 g/mol. The van der Waals surface area contributed by atoms with E-state index < -0.39 is 17.4 Å². The Kier molecular flexibility index (Phi) is 8.49. The maximum Gasteiger partial charge on any atom is 0.335 e. The second kappa shape index (κ2) is 10.5. The van der Waals surface area contributed by atoms with Crippen molar-refractivity contribution >= 4 is 58.3 Å². The molecule has 0 aromatic heterocycles. The van der Waals surface area contributed by atoms with Crippen LogP contribution in [0.2, 0.25) is 20.1 Å². The van der Waals surface area contributed by atoms with Gasteiger partial charge in [0.1, 0.15) is 15.8 Å². The lowest BCUT2D eigenvalue weighted by Gasteiger charge is -2.29. The first kappa shape index (κ1) is 26.6. The van der Waals surface area contributed by atoms with Crippen LogP contribution >= 0.6 is 46.4 Å². The molecule has 6 nitrogen and oxygen atoms in total. The highest BCUT2D eigenvalue weighted by Gasteiger charge is 2.32. The minimum absolute atomic E-state index is 0.0343. The average molecular weight is 532 g/mol. The van der Waals surface area contributed by atoms with E-state index in [9.17, 15) is 19.8 Å². The van der Waals surface area contributed by atoms with Crippen molar-refractivity contribution in [2.24, 2.45) is 0 Å². The maximum absolute atomic E-state index is 10.3. The molecule has 10 heteroatoms. The highest BCUT2D eigenvalue weighted by Crippen LogP contribution is 2.50. The smallest absolute Gasteiger partial charge is 0.335 e. The SMILES string of the molecule is CC(C)(c1ccc(O)cc1)c1c(Cl)c(Cl)c(O)c(Cl)c1Cl.O=C(O)c1ccc(C(=O)O)cc1. The number of aromatic carboxylic acids is 2. The van der Waals surface area contributed by atoms with Crippen molar-refractivity contribution in [1.29, 1.82) is 0 Å². The maximum atomic E-state index is 10.3. The number of benzene rings is 3. The predicted octanol–water partition coefficient (Wildman–Crippen LogP) is 7.12. The number of carbonyl (C=O) groups is 2. The molecular weight excluding hydrogens is 514 g/mol. The molecule has 0 saturated carbocycles. The van der Waals surface area contributed by atoms with Gasteiger partial charge >= 0.3 is 11.9 Å². The van der Waals surface area contributed by atoms with Crippen molar-refractivity contribution in [2.45, 2.75) is 19.3 Å². The van der Waals surface area contributed by atoms with Crippen molar-refractivity contribution in [3.8, 4) is 11.5 Å². The summed E-state index contributed by atoms with van der Waals surface area (Å²) < 4.78 is 0. The van der Waals surface area contributed by atoms with Gasteiger partial charge in [-0.25, -0.2) is 9.59 Å². The Hall–Kier alpha value is -2.64. The van der Waals surface area contributed by atoms with Crippen LogP contribution in [0.5, 0.6) is 11.5 Å². The summed E-state index contributed by atoms with van der Waals surface area (Å²) in [5, 5.41) is 36.4. The van der Waals surface area contributed by atoms with Crippen LogP contribution in [0.4, 0.5) is 0 Å². The molecule has 174 valence electrons. The Balaban J connectivity index is 0.000000273. The first-order valence-electron chi connectivity index (χ1n) is 9.20. The molecule has 0 spiro atoms.